The fourth-order valence-corrected chi connectivity index (χ4v) is 2.84. The van der Waals surface area contributed by atoms with Crippen LogP contribution in [0.15, 0.2) is 10.6 Å². The third kappa shape index (κ3) is 2.47. The lowest BCUT2D eigenvalue weighted by molar-refractivity contribution is -0.0178. The highest BCUT2D eigenvalue weighted by Crippen LogP contribution is 2.40. The van der Waals surface area contributed by atoms with Gasteiger partial charge in [0.1, 0.15) is 5.60 Å². The zero-order valence-corrected chi connectivity index (χ0v) is 12.0. The molecule has 1 fully saturated rings. The first-order valence-corrected chi connectivity index (χ1v) is 7.11. The minimum absolute atomic E-state index is 0.329. The summed E-state index contributed by atoms with van der Waals surface area (Å²) < 4.78 is 11.0. The van der Waals surface area contributed by atoms with Crippen molar-refractivity contribution in [3.63, 3.8) is 0 Å². The molecule has 6 heteroatoms. The van der Waals surface area contributed by atoms with Crippen LogP contribution >= 0.6 is 0 Å². The van der Waals surface area contributed by atoms with E-state index in [0.717, 1.165) is 43.5 Å². The van der Waals surface area contributed by atoms with Crippen molar-refractivity contribution >= 4 is 0 Å². The number of nitrogens with zero attached hydrogens (tertiary/aromatic N) is 3. The van der Waals surface area contributed by atoms with E-state index < -0.39 is 0 Å². The maximum atomic E-state index is 5.66. The van der Waals surface area contributed by atoms with Gasteiger partial charge in [0.2, 0.25) is 11.7 Å². The predicted molar refractivity (Wildman–Crippen MR) is 72.2 cm³/mol. The number of aryl methyl sites for hydroxylation is 3. The van der Waals surface area contributed by atoms with E-state index in [2.05, 4.69) is 20.3 Å². The molecule has 2 aromatic heterocycles. The molecule has 20 heavy (non-hydrogen) atoms. The molecule has 1 saturated carbocycles. The Labute approximate surface area is 117 Å². The molecule has 6 nitrogen and oxygen atoms in total. The second-order valence-corrected chi connectivity index (χ2v) is 5.46. The van der Waals surface area contributed by atoms with Gasteiger partial charge in [-0.15, -0.1) is 0 Å². The summed E-state index contributed by atoms with van der Waals surface area (Å²) in [4.78, 5) is 4.52. The van der Waals surface area contributed by atoms with E-state index >= 15 is 0 Å². The molecule has 2 aromatic rings. The number of H-pyrrole nitrogens is 1. The van der Waals surface area contributed by atoms with Crippen molar-refractivity contribution in [3.8, 4) is 0 Å². The van der Waals surface area contributed by atoms with Crippen molar-refractivity contribution in [2.45, 2.75) is 51.0 Å². The van der Waals surface area contributed by atoms with E-state index in [-0.39, 0.29) is 5.60 Å². The lowest BCUT2D eigenvalue weighted by Crippen LogP contribution is -2.26. The van der Waals surface area contributed by atoms with Crippen molar-refractivity contribution in [1.82, 2.24) is 20.3 Å². The van der Waals surface area contributed by atoms with Crippen LogP contribution < -0.4 is 0 Å². The molecule has 1 aliphatic rings. The normalized spacial score (nSPS) is 17.7. The fourth-order valence-electron chi connectivity index (χ4n) is 2.84. The first-order chi connectivity index (χ1) is 9.72. The molecule has 0 bridgehead atoms. The number of nitrogens with one attached hydrogen (secondary N) is 1. The van der Waals surface area contributed by atoms with Gasteiger partial charge in [-0.05, 0) is 38.7 Å². The molecule has 1 aliphatic carbocycles. The zero-order chi connectivity index (χ0) is 14.0. The Morgan fingerprint density at radius 3 is 2.80 bits per heavy atom. The second kappa shape index (κ2) is 5.36. The first kappa shape index (κ1) is 13.3. The minimum Gasteiger partial charge on any atom is -0.370 e. The van der Waals surface area contributed by atoms with Crippen LogP contribution in [0, 0.1) is 6.92 Å². The molecule has 0 saturated heterocycles. The number of aromatic amines is 1. The van der Waals surface area contributed by atoms with Crippen LogP contribution in [0.3, 0.4) is 0 Å². The van der Waals surface area contributed by atoms with Gasteiger partial charge in [-0.3, -0.25) is 5.10 Å². The van der Waals surface area contributed by atoms with Crippen LogP contribution in [-0.4, -0.2) is 27.4 Å². The Balaban J connectivity index is 1.67. The van der Waals surface area contributed by atoms with E-state index in [1.165, 1.54) is 0 Å². The van der Waals surface area contributed by atoms with Gasteiger partial charge in [0, 0.05) is 25.6 Å². The summed E-state index contributed by atoms with van der Waals surface area (Å²) in [6.45, 7) is 1.99. The average Bonchev–Trinajstić information content (AvgIpc) is 3.17. The third-order valence-electron chi connectivity index (χ3n) is 4.03. The molecule has 1 N–H and O–H groups in total. The van der Waals surface area contributed by atoms with Gasteiger partial charge in [-0.1, -0.05) is 5.16 Å². The third-order valence-corrected chi connectivity index (χ3v) is 4.03. The minimum atomic E-state index is -0.329. The quantitative estimate of drug-likeness (QED) is 0.906. The SMILES string of the molecule is COC1(c2noc(CCc3cc(C)[nH]n3)n2)CCCC1. The molecule has 108 valence electrons. The molecule has 0 aromatic carbocycles. The molecule has 0 unspecified atom stereocenters. The van der Waals surface area contributed by atoms with Gasteiger partial charge in [-0.25, -0.2) is 0 Å². The van der Waals surface area contributed by atoms with Gasteiger partial charge in [0.25, 0.3) is 0 Å². The molecular weight excluding hydrogens is 256 g/mol. The van der Waals surface area contributed by atoms with Crippen LogP contribution in [-0.2, 0) is 23.2 Å². The Bertz CT molecular complexity index is 569. The summed E-state index contributed by atoms with van der Waals surface area (Å²) in [7, 11) is 1.73. The summed E-state index contributed by atoms with van der Waals surface area (Å²) in [6, 6.07) is 2.03. The van der Waals surface area contributed by atoms with Gasteiger partial charge in [0.15, 0.2) is 0 Å². The predicted octanol–water partition coefficient (Wildman–Crippen LogP) is 2.30. The average molecular weight is 276 g/mol. The van der Waals surface area contributed by atoms with Crippen LogP contribution in [0.5, 0.6) is 0 Å². The van der Waals surface area contributed by atoms with Crippen molar-refractivity contribution in [1.29, 1.82) is 0 Å². The number of hydrogen-bond donors (Lipinski definition) is 1. The number of aromatic nitrogens is 4. The van der Waals surface area contributed by atoms with E-state index in [1.54, 1.807) is 7.11 Å². The fraction of sp³-hybridized carbons (Fsp3) is 0.643. The molecular formula is C14H20N4O2. The monoisotopic (exact) mass is 276 g/mol. The summed E-state index contributed by atoms with van der Waals surface area (Å²) in [5.41, 5.74) is 1.75. The molecule has 0 spiro atoms. The maximum Gasteiger partial charge on any atom is 0.227 e. The van der Waals surface area contributed by atoms with Gasteiger partial charge in [0.05, 0.1) is 5.69 Å². The van der Waals surface area contributed by atoms with E-state index in [9.17, 15) is 0 Å². The number of rotatable bonds is 5. The smallest absolute Gasteiger partial charge is 0.227 e. The highest BCUT2D eigenvalue weighted by molar-refractivity contribution is 5.09. The van der Waals surface area contributed by atoms with Crippen LogP contribution in [0.2, 0.25) is 0 Å². The van der Waals surface area contributed by atoms with Crippen molar-refractivity contribution in [3.05, 3.63) is 29.2 Å². The Morgan fingerprint density at radius 2 is 2.15 bits per heavy atom. The van der Waals surface area contributed by atoms with Gasteiger partial charge in [-0.2, -0.15) is 10.1 Å². The number of ether oxygens (including phenoxy) is 1. The highest BCUT2D eigenvalue weighted by Gasteiger charge is 2.40. The Hall–Kier alpha value is -1.69. The second-order valence-electron chi connectivity index (χ2n) is 5.46. The first-order valence-electron chi connectivity index (χ1n) is 7.11. The highest BCUT2D eigenvalue weighted by atomic mass is 16.5. The van der Waals surface area contributed by atoms with Crippen molar-refractivity contribution in [2.24, 2.45) is 0 Å². The molecule has 0 amide bonds. The van der Waals surface area contributed by atoms with E-state index in [1.807, 2.05) is 13.0 Å². The lowest BCUT2D eigenvalue weighted by atomic mass is 10.0. The molecule has 3 rings (SSSR count). The van der Waals surface area contributed by atoms with Crippen LogP contribution in [0.4, 0.5) is 0 Å². The van der Waals surface area contributed by atoms with Gasteiger partial charge >= 0.3 is 0 Å². The van der Waals surface area contributed by atoms with Crippen molar-refractivity contribution < 1.29 is 9.26 Å². The van der Waals surface area contributed by atoms with Crippen molar-refractivity contribution in [2.75, 3.05) is 7.11 Å². The number of methoxy groups -OCH3 is 1. The van der Waals surface area contributed by atoms with Crippen LogP contribution in [0.25, 0.3) is 0 Å². The van der Waals surface area contributed by atoms with Crippen LogP contribution in [0.1, 0.15) is 48.8 Å². The largest absolute Gasteiger partial charge is 0.370 e. The molecule has 0 atom stereocenters. The summed E-state index contributed by atoms with van der Waals surface area (Å²) in [5, 5.41) is 11.3. The summed E-state index contributed by atoms with van der Waals surface area (Å²) in [6.07, 6.45) is 5.76. The molecule has 2 heterocycles. The van der Waals surface area contributed by atoms with E-state index in [4.69, 9.17) is 9.26 Å². The standard InChI is InChI=1S/C14H20N4O2/c1-10-9-11(17-16-10)5-6-12-15-13(18-20-12)14(19-2)7-3-4-8-14/h9H,3-8H2,1-2H3,(H,16,17). The summed E-state index contributed by atoms with van der Waals surface area (Å²) >= 11 is 0. The lowest BCUT2D eigenvalue weighted by Gasteiger charge is -2.22. The summed E-state index contributed by atoms with van der Waals surface area (Å²) in [5.74, 6) is 1.36. The maximum absolute atomic E-state index is 5.66. The van der Waals surface area contributed by atoms with Gasteiger partial charge < -0.3 is 9.26 Å². The topological polar surface area (TPSA) is 76.8 Å². The molecule has 0 aliphatic heterocycles. The van der Waals surface area contributed by atoms with E-state index in [0.29, 0.717) is 18.1 Å². The Kier molecular flexibility index (Phi) is 3.56. The zero-order valence-electron chi connectivity index (χ0n) is 12.0. The number of hydrogen-bond acceptors (Lipinski definition) is 5. The Morgan fingerprint density at radius 1 is 1.35 bits per heavy atom. The molecule has 0 radical (unpaired) electrons.